The zero-order valence-corrected chi connectivity index (χ0v) is 15.0. The van der Waals surface area contributed by atoms with Crippen molar-refractivity contribution in [2.24, 2.45) is 0 Å². The first-order valence-corrected chi connectivity index (χ1v) is 8.28. The summed E-state index contributed by atoms with van der Waals surface area (Å²) in [7, 11) is 4.34. The Balaban J connectivity index is 2.43. The van der Waals surface area contributed by atoms with Gasteiger partial charge in [0.1, 0.15) is 10.5 Å². The first-order valence-electron chi connectivity index (χ1n) is 7.08. The van der Waals surface area contributed by atoms with Crippen LogP contribution in [0.4, 0.5) is 0 Å². The van der Waals surface area contributed by atoms with Gasteiger partial charge in [0, 0.05) is 12.2 Å². The molecule has 6 heteroatoms. The molecule has 20 heavy (non-hydrogen) atoms. The highest BCUT2D eigenvalue weighted by atomic mass is 79.9. The normalized spacial score (nSPS) is 22.2. The summed E-state index contributed by atoms with van der Waals surface area (Å²) in [4.78, 5) is 12.9. The highest BCUT2D eigenvalue weighted by molar-refractivity contribution is 9.10. The fourth-order valence-corrected chi connectivity index (χ4v) is 3.47. The monoisotopic (exact) mass is 358 g/mol. The minimum atomic E-state index is 0.273. The van der Waals surface area contributed by atoms with E-state index in [9.17, 15) is 0 Å². The van der Waals surface area contributed by atoms with Gasteiger partial charge in [-0.3, -0.25) is 4.90 Å². The van der Waals surface area contributed by atoms with Gasteiger partial charge in [-0.25, -0.2) is 4.98 Å². The van der Waals surface area contributed by atoms with Gasteiger partial charge in [-0.15, -0.1) is 0 Å². The summed E-state index contributed by atoms with van der Waals surface area (Å²) in [6.45, 7) is 7.53. The Morgan fingerprint density at radius 2 is 2.05 bits per heavy atom. The maximum Gasteiger partial charge on any atom is 0.144 e. The van der Waals surface area contributed by atoms with E-state index in [0.717, 1.165) is 35.6 Å². The number of nitrogens with zero attached hydrogens (tertiary/aromatic N) is 3. The van der Waals surface area contributed by atoms with Gasteiger partial charge in [-0.1, -0.05) is 26.1 Å². The number of rotatable bonds is 2. The second kappa shape index (κ2) is 6.64. The van der Waals surface area contributed by atoms with Gasteiger partial charge in [0.25, 0.3) is 0 Å². The summed E-state index contributed by atoms with van der Waals surface area (Å²) < 4.78 is 1.58. The molecule has 0 aliphatic carbocycles. The van der Waals surface area contributed by atoms with E-state index in [-0.39, 0.29) is 6.04 Å². The zero-order valence-electron chi connectivity index (χ0n) is 12.6. The number of likely N-dealkylation sites (N-methyl/N-ethyl adjacent to an activating group) is 2. The fourth-order valence-electron chi connectivity index (χ4n) is 2.62. The van der Waals surface area contributed by atoms with Crippen molar-refractivity contribution in [3.05, 3.63) is 20.6 Å². The molecule has 2 rings (SSSR count). The topological polar surface area (TPSA) is 35.2 Å². The number of H-pyrrole nitrogens is 1. The minimum Gasteiger partial charge on any atom is -0.344 e. The minimum absolute atomic E-state index is 0.273. The van der Waals surface area contributed by atoms with Gasteiger partial charge in [0.15, 0.2) is 0 Å². The molecule has 1 unspecified atom stereocenters. The van der Waals surface area contributed by atoms with Crippen molar-refractivity contribution in [2.75, 3.05) is 33.7 Å². The molecule has 0 bridgehead atoms. The van der Waals surface area contributed by atoms with Gasteiger partial charge >= 0.3 is 0 Å². The van der Waals surface area contributed by atoms with Crippen LogP contribution in [0, 0.1) is 4.64 Å². The van der Waals surface area contributed by atoms with Gasteiger partial charge in [0.05, 0.1) is 10.5 Å². The summed E-state index contributed by atoms with van der Waals surface area (Å²) in [5.74, 6) is 1.37. The molecule has 0 radical (unpaired) electrons. The Morgan fingerprint density at radius 3 is 2.70 bits per heavy atom. The van der Waals surface area contributed by atoms with Crippen LogP contribution in [0.1, 0.15) is 43.7 Å². The lowest BCUT2D eigenvalue weighted by Crippen LogP contribution is -2.32. The molecule has 1 saturated heterocycles. The molecule has 0 amide bonds. The molecule has 4 nitrogen and oxygen atoms in total. The van der Waals surface area contributed by atoms with Gasteiger partial charge in [-0.2, -0.15) is 0 Å². The first kappa shape index (κ1) is 16.1. The Bertz CT molecular complexity index is 528. The van der Waals surface area contributed by atoms with E-state index in [1.54, 1.807) is 0 Å². The van der Waals surface area contributed by atoms with Gasteiger partial charge < -0.3 is 9.88 Å². The first-order chi connectivity index (χ1) is 9.40. The molecule has 1 aliphatic rings. The molecular formula is C14H23BrN4S. The SMILES string of the molecule is CC(C)c1[nH]c(C2CN(C)CCCN2C)nc(=S)c1Br. The van der Waals surface area contributed by atoms with Crippen molar-refractivity contribution < 1.29 is 0 Å². The lowest BCUT2D eigenvalue weighted by molar-refractivity contribution is 0.219. The molecule has 1 atom stereocenters. The van der Waals surface area contributed by atoms with Crippen LogP contribution in [0.25, 0.3) is 0 Å². The molecule has 112 valence electrons. The number of aromatic amines is 1. The van der Waals surface area contributed by atoms with E-state index in [1.807, 2.05) is 0 Å². The molecular weight excluding hydrogens is 336 g/mol. The Labute approximate surface area is 134 Å². The number of hydrogen-bond donors (Lipinski definition) is 1. The predicted octanol–water partition coefficient (Wildman–Crippen LogP) is 3.33. The van der Waals surface area contributed by atoms with E-state index < -0.39 is 0 Å². The van der Waals surface area contributed by atoms with E-state index in [2.05, 4.69) is 63.6 Å². The summed E-state index contributed by atoms with van der Waals surface area (Å²) in [6, 6.07) is 0.273. The van der Waals surface area contributed by atoms with Crippen LogP contribution in [0.3, 0.4) is 0 Å². The number of aromatic nitrogens is 2. The van der Waals surface area contributed by atoms with Crippen LogP contribution in [0.15, 0.2) is 4.47 Å². The Hall–Kier alpha value is -0.300. The average molecular weight is 359 g/mol. The summed E-state index contributed by atoms with van der Waals surface area (Å²) in [6.07, 6.45) is 1.19. The molecule has 1 aromatic rings. The summed E-state index contributed by atoms with van der Waals surface area (Å²) in [5.41, 5.74) is 1.14. The van der Waals surface area contributed by atoms with Crippen LogP contribution in [-0.4, -0.2) is 53.5 Å². The fraction of sp³-hybridized carbons (Fsp3) is 0.714. The van der Waals surface area contributed by atoms with Crippen LogP contribution >= 0.6 is 28.1 Å². The smallest absolute Gasteiger partial charge is 0.144 e. The molecule has 0 spiro atoms. The molecule has 1 N–H and O–H groups in total. The second-order valence-electron chi connectivity index (χ2n) is 5.92. The summed E-state index contributed by atoms with van der Waals surface area (Å²) >= 11 is 8.97. The number of nitrogens with one attached hydrogen (secondary N) is 1. The van der Waals surface area contributed by atoms with Crippen molar-refractivity contribution in [2.45, 2.75) is 32.2 Å². The molecule has 2 heterocycles. The van der Waals surface area contributed by atoms with E-state index in [4.69, 9.17) is 12.2 Å². The van der Waals surface area contributed by atoms with E-state index >= 15 is 0 Å². The standard InChI is InChI=1S/C14H23BrN4S/c1-9(2)12-11(15)14(20)17-13(16-12)10-8-18(3)6-5-7-19(10)4/h9-10H,5-8H2,1-4H3,(H,16,17,20). The number of hydrogen-bond acceptors (Lipinski definition) is 4. The zero-order chi connectivity index (χ0) is 14.9. The largest absolute Gasteiger partial charge is 0.344 e. The van der Waals surface area contributed by atoms with Crippen molar-refractivity contribution in [1.29, 1.82) is 0 Å². The van der Waals surface area contributed by atoms with Crippen LogP contribution in [-0.2, 0) is 0 Å². The third-order valence-corrected chi connectivity index (χ3v) is 5.23. The van der Waals surface area contributed by atoms with Crippen molar-refractivity contribution in [3.8, 4) is 0 Å². The molecule has 0 aromatic carbocycles. The second-order valence-corrected chi connectivity index (χ2v) is 7.10. The third-order valence-electron chi connectivity index (χ3n) is 3.87. The number of halogens is 1. The summed E-state index contributed by atoms with van der Waals surface area (Å²) in [5, 5.41) is 0. The third kappa shape index (κ3) is 3.47. The van der Waals surface area contributed by atoms with E-state index in [1.165, 1.54) is 6.42 Å². The molecule has 1 aliphatic heterocycles. The predicted molar refractivity (Wildman–Crippen MR) is 88.7 cm³/mol. The van der Waals surface area contributed by atoms with Crippen molar-refractivity contribution in [1.82, 2.24) is 19.8 Å². The van der Waals surface area contributed by atoms with Gasteiger partial charge in [0.2, 0.25) is 0 Å². The molecule has 0 saturated carbocycles. The average Bonchev–Trinajstić information content (AvgIpc) is 2.54. The van der Waals surface area contributed by atoms with Crippen LogP contribution < -0.4 is 0 Å². The Kier molecular flexibility index (Phi) is 5.34. The highest BCUT2D eigenvalue weighted by Gasteiger charge is 2.25. The molecule has 1 aromatic heterocycles. The lowest BCUT2D eigenvalue weighted by Gasteiger charge is -2.27. The van der Waals surface area contributed by atoms with Crippen LogP contribution in [0.5, 0.6) is 0 Å². The van der Waals surface area contributed by atoms with E-state index in [0.29, 0.717) is 10.6 Å². The maximum atomic E-state index is 5.41. The lowest BCUT2D eigenvalue weighted by atomic mass is 10.1. The van der Waals surface area contributed by atoms with Crippen molar-refractivity contribution >= 4 is 28.1 Å². The quantitative estimate of drug-likeness (QED) is 0.822. The highest BCUT2D eigenvalue weighted by Crippen LogP contribution is 2.27. The van der Waals surface area contributed by atoms with Crippen molar-refractivity contribution in [3.63, 3.8) is 0 Å². The van der Waals surface area contributed by atoms with Gasteiger partial charge in [-0.05, 0) is 55.5 Å². The Morgan fingerprint density at radius 1 is 1.35 bits per heavy atom. The maximum absolute atomic E-state index is 5.41. The molecule has 1 fully saturated rings. The van der Waals surface area contributed by atoms with Crippen LogP contribution in [0.2, 0.25) is 0 Å².